The maximum atomic E-state index is 13.1. The van der Waals surface area contributed by atoms with Gasteiger partial charge in [0.15, 0.2) is 0 Å². The Kier molecular flexibility index (Phi) is 3.95. The van der Waals surface area contributed by atoms with Crippen LogP contribution < -0.4 is 0 Å². The normalized spacial score (nSPS) is 18.8. The second-order valence-electron chi connectivity index (χ2n) is 6.80. The summed E-state index contributed by atoms with van der Waals surface area (Å²) in [5.74, 6) is 0.0548. The Balaban J connectivity index is 1.36. The van der Waals surface area contributed by atoms with Gasteiger partial charge in [-0.05, 0) is 47.7 Å². The number of nitrogens with one attached hydrogen (secondary N) is 1. The molecule has 5 nitrogen and oxygen atoms in total. The van der Waals surface area contributed by atoms with Gasteiger partial charge in [-0.3, -0.25) is 9.89 Å². The molecule has 1 spiro atoms. The molecule has 3 aromatic heterocycles. The van der Waals surface area contributed by atoms with Crippen molar-refractivity contribution in [3.63, 3.8) is 0 Å². The molecule has 0 aliphatic carbocycles. The van der Waals surface area contributed by atoms with Gasteiger partial charge < -0.3 is 9.64 Å². The monoisotopic (exact) mass is 385 g/mol. The van der Waals surface area contributed by atoms with Crippen LogP contribution in [-0.4, -0.2) is 40.7 Å². The quantitative estimate of drug-likeness (QED) is 0.728. The fraction of sp³-hybridized carbons (Fsp3) is 0.368. The average Bonchev–Trinajstić information content (AvgIpc) is 3.41. The lowest BCUT2D eigenvalue weighted by Gasteiger charge is -2.43. The first-order chi connectivity index (χ1) is 12.8. The standard InChI is InChI=1S/C19H19N3O2S2/c23-18(14-12-20-21-16(14)15-2-1-10-25-15)22-7-5-19(6-8-22)17-13(3-9-24-19)4-11-26-17/h1-2,4,10-12H,3,5-9H2,(H,20,21). The summed E-state index contributed by atoms with van der Waals surface area (Å²) >= 11 is 3.41. The summed E-state index contributed by atoms with van der Waals surface area (Å²) in [4.78, 5) is 17.4. The number of aromatic amines is 1. The number of fused-ring (bicyclic) bond motifs is 2. The zero-order chi connectivity index (χ0) is 17.6. The van der Waals surface area contributed by atoms with Gasteiger partial charge >= 0.3 is 0 Å². The molecule has 1 amide bonds. The highest BCUT2D eigenvalue weighted by atomic mass is 32.1. The molecule has 0 atom stereocenters. The van der Waals surface area contributed by atoms with Crippen LogP contribution in [0.3, 0.4) is 0 Å². The summed E-state index contributed by atoms with van der Waals surface area (Å²) < 4.78 is 6.25. The Bertz CT molecular complexity index is 920. The second-order valence-corrected chi connectivity index (χ2v) is 8.66. The zero-order valence-corrected chi connectivity index (χ0v) is 15.9. The van der Waals surface area contributed by atoms with Gasteiger partial charge in [-0.15, -0.1) is 22.7 Å². The summed E-state index contributed by atoms with van der Waals surface area (Å²) in [6.07, 6.45) is 4.37. The van der Waals surface area contributed by atoms with Crippen LogP contribution in [0.4, 0.5) is 0 Å². The van der Waals surface area contributed by atoms with Crippen LogP contribution in [0.1, 0.15) is 33.6 Å². The molecule has 0 aromatic carbocycles. The summed E-state index contributed by atoms with van der Waals surface area (Å²) in [5, 5.41) is 11.3. The highest BCUT2D eigenvalue weighted by Crippen LogP contribution is 2.44. The minimum atomic E-state index is -0.189. The average molecular weight is 386 g/mol. The molecule has 3 aromatic rings. The fourth-order valence-corrected chi connectivity index (χ4v) is 5.93. The first-order valence-corrected chi connectivity index (χ1v) is 10.6. The number of likely N-dealkylation sites (tertiary alicyclic amines) is 1. The van der Waals surface area contributed by atoms with Crippen LogP contribution in [0, 0.1) is 0 Å². The van der Waals surface area contributed by atoms with E-state index < -0.39 is 0 Å². The molecule has 0 unspecified atom stereocenters. The van der Waals surface area contributed by atoms with Crippen molar-refractivity contribution in [1.82, 2.24) is 15.1 Å². The van der Waals surface area contributed by atoms with Crippen molar-refractivity contribution in [1.29, 1.82) is 0 Å². The number of amides is 1. The number of carbonyl (C=O) groups is 1. The number of thiophene rings is 2. The van der Waals surface area contributed by atoms with Gasteiger partial charge in [0.2, 0.25) is 0 Å². The third-order valence-electron chi connectivity index (χ3n) is 5.41. The molecule has 5 heterocycles. The van der Waals surface area contributed by atoms with Crippen molar-refractivity contribution in [2.45, 2.75) is 24.9 Å². The highest BCUT2D eigenvalue weighted by Gasteiger charge is 2.43. The Morgan fingerprint density at radius 3 is 2.92 bits per heavy atom. The number of H-pyrrole nitrogens is 1. The molecular formula is C19H19N3O2S2. The number of rotatable bonds is 2. The molecule has 1 fully saturated rings. The van der Waals surface area contributed by atoms with Crippen molar-refractivity contribution >= 4 is 28.6 Å². The minimum Gasteiger partial charge on any atom is -0.369 e. The number of aromatic nitrogens is 2. The summed E-state index contributed by atoms with van der Waals surface area (Å²) in [5.41, 5.74) is 2.71. The van der Waals surface area contributed by atoms with E-state index >= 15 is 0 Å². The Morgan fingerprint density at radius 1 is 1.23 bits per heavy atom. The molecule has 1 saturated heterocycles. The lowest BCUT2D eigenvalue weighted by Crippen LogP contribution is -2.47. The van der Waals surface area contributed by atoms with Crippen LogP contribution in [-0.2, 0) is 16.8 Å². The van der Waals surface area contributed by atoms with Crippen molar-refractivity contribution in [2.24, 2.45) is 0 Å². The van der Waals surface area contributed by atoms with Crippen molar-refractivity contribution < 1.29 is 9.53 Å². The summed E-state index contributed by atoms with van der Waals surface area (Å²) in [6.45, 7) is 2.21. The largest absolute Gasteiger partial charge is 0.369 e. The third kappa shape index (κ3) is 2.53. The van der Waals surface area contributed by atoms with Crippen LogP contribution in [0.15, 0.2) is 35.2 Å². The van der Waals surface area contributed by atoms with Gasteiger partial charge in [0.1, 0.15) is 5.60 Å². The topological polar surface area (TPSA) is 58.2 Å². The number of hydrogen-bond donors (Lipinski definition) is 1. The Hall–Kier alpha value is -1.96. The maximum Gasteiger partial charge on any atom is 0.257 e. The van der Waals surface area contributed by atoms with E-state index in [1.165, 1.54) is 10.4 Å². The number of ether oxygens (including phenoxy) is 1. The van der Waals surface area contributed by atoms with Crippen molar-refractivity contribution in [3.05, 3.63) is 51.2 Å². The van der Waals surface area contributed by atoms with Gasteiger partial charge in [-0.1, -0.05) is 6.07 Å². The summed E-state index contributed by atoms with van der Waals surface area (Å²) in [6, 6.07) is 6.22. The molecule has 0 radical (unpaired) electrons. The van der Waals surface area contributed by atoms with E-state index in [0.29, 0.717) is 18.7 Å². The molecule has 26 heavy (non-hydrogen) atoms. The first-order valence-electron chi connectivity index (χ1n) is 8.84. The van der Waals surface area contributed by atoms with Crippen LogP contribution in [0.2, 0.25) is 0 Å². The van der Waals surface area contributed by atoms with Gasteiger partial charge in [-0.2, -0.15) is 5.10 Å². The molecule has 2 aliphatic heterocycles. The maximum absolute atomic E-state index is 13.1. The van der Waals surface area contributed by atoms with Crippen LogP contribution in [0.5, 0.6) is 0 Å². The zero-order valence-electron chi connectivity index (χ0n) is 14.2. The number of piperidine rings is 1. The van der Waals surface area contributed by atoms with Crippen molar-refractivity contribution in [3.8, 4) is 10.6 Å². The van der Waals surface area contributed by atoms with E-state index in [0.717, 1.165) is 36.4 Å². The molecular weight excluding hydrogens is 366 g/mol. The smallest absolute Gasteiger partial charge is 0.257 e. The second kappa shape index (κ2) is 6.33. The molecule has 0 bridgehead atoms. The van der Waals surface area contributed by atoms with E-state index in [-0.39, 0.29) is 11.5 Å². The number of hydrogen-bond acceptors (Lipinski definition) is 5. The first kappa shape index (κ1) is 16.2. The van der Waals surface area contributed by atoms with Crippen LogP contribution >= 0.6 is 22.7 Å². The van der Waals surface area contributed by atoms with Gasteiger partial charge in [0, 0.05) is 18.0 Å². The summed E-state index contributed by atoms with van der Waals surface area (Å²) in [7, 11) is 0. The van der Waals surface area contributed by atoms with E-state index in [2.05, 4.69) is 21.6 Å². The third-order valence-corrected chi connectivity index (χ3v) is 7.44. The van der Waals surface area contributed by atoms with E-state index in [1.54, 1.807) is 28.9 Å². The highest BCUT2D eigenvalue weighted by molar-refractivity contribution is 7.13. The minimum absolute atomic E-state index is 0.0548. The molecule has 134 valence electrons. The predicted molar refractivity (Wildman–Crippen MR) is 103 cm³/mol. The number of carbonyl (C=O) groups excluding carboxylic acids is 1. The van der Waals surface area contributed by atoms with Crippen molar-refractivity contribution in [2.75, 3.05) is 19.7 Å². The lowest BCUT2D eigenvalue weighted by molar-refractivity contribution is -0.0906. The van der Waals surface area contributed by atoms with Crippen LogP contribution in [0.25, 0.3) is 10.6 Å². The van der Waals surface area contributed by atoms with E-state index in [4.69, 9.17) is 4.74 Å². The lowest BCUT2D eigenvalue weighted by atomic mass is 9.85. The SMILES string of the molecule is O=C(c1cn[nH]c1-c1cccs1)N1CCC2(CC1)OCCc1ccsc12. The van der Waals surface area contributed by atoms with Gasteiger partial charge in [-0.25, -0.2) is 0 Å². The Morgan fingerprint density at radius 2 is 2.12 bits per heavy atom. The molecule has 5 rings (SSSR count). The fourth-order valence-electron chi connectivity index (χ4n) is 4.02. The molecule has 7 heteroatoms. The molecule has 0 saturated carbocycles. The van der Waals surface area contributed by atoms with Gasteiger partial charge in [0.05, 0.1) is 28.9 Å². The molecule has 1 N–H and O–H groups in total. The number of nitrogens with zero attached hydrogens (tertiary/aromatic N) is 2. The molecule has 2 aliphatic rings. The van der Waals surface area contributed by atoms with E-state index in [9.17, 15) is 4.79 Å². The Labute approximate surface area is 159 Å². The van der Waals surface area contributed by atoms with Gasteiger partial charge in [0.25, 0.3) is 5.91 Å². The predicted octanol–water partition coefficient (Wildman–Crippen LogP) is 3.90. The van der Waals surface area contributed by atoms with E-state index in [1.807, 2.05) is 22.4 Å².